The van der Waals surface area contributed by atoms with Gasteiger partial charge < -0.3 is 9.84 Å². The molecular formula is C41H32INO6. The number of imide groups is 1. The van der Waals surface area contributed by atoms with Crippen LogP contribution in [0.4, 0.5) is 5.69 Å². The fourth-order valence-corrected chi connectivity index (χ4v) is 9.32. The number of allylic oxidation sites excluding steroid dienone is 4. The van der Waals surface area contributed by atoms with Crippen molar-refractivity contribution in [2.75, 3.05) is 12.0 Å². The van der Waals surface area contributed by atoms with Gasteiger partial charge in [-0.25, -0.2) is 0 Å². The first-order valence-corrected chi connectivity index (χ1v) is 17.4. The highest BCUT2D eigenvalue weighted by atomic mass is 127. The van der Waals surface area contributed by atoms with Crippen LogP contribution in [-0.4, -0.2) is 35.6 Å². The van der Waals surface area contributed by atoms with Crippen LogP contribution in [0.2, 0.25) is 0 Å². The van der Waals surface area contributed by atoms with Gasteiger partial charge in [-0.05, 0) is 88.9 Å². The van der Waals surface area contributed by atoms with Crippen LogP contribution in [0, 0.1) is 27.2 Å². The Morgan fingerprint density at radius 1 is 0.837 bits per heavy atom. The van der Waals surface area contributed by atoms with Gasteiger partial charge in [-0.3, -0.25) is 24.1 Å². The summed E-state index contributed by atoms with van der Waals surface area (Å²) in [6, 6.07) is 30.8. The van der Waals surface area contributed by atoms with Crippen molar-refractivity contribution < 1.29 is 29.0 Å². The highest BCUT2D eigenvalue weighted by Crippen LogP contribution is 2.64. The van der Waals surface area contributed by atoms with Gasteiger partial charge in [0.25, 0.3) is 0 Å². The Morgan fingerprint density at radius 2 is 1.53 bits per heavy atom. The van der Waals surface area contributed by atoms with Gasteiger partial charge in [-0.15, -0.1) is 0 Å². The number of hydrogen-bond donors (Lipinski definition) is 1. The van der Waals surface area contributed by atoms with Crippen molar-refractivity contribution in [3.63, 3.8) is 0 Å². The summed E-state index contributed by atoms with van der Waals surface area (Å²) >= 11 is 2.19. The summed E-state index contributed by atoms with van der Waals surface area (Å²) in [6.07, 6.45) is 3.98. The van der Waals surface area contributed by atoms with Gasteiger partial charge in [0.15, 0.2) is 11.6 Å². The number of phenols is 1. The Morgan fingerprint density at radius 3 is 2.20 bits per heavy atom. The minimum atomic E-state index is -1.42. The number of hydrogen-bond acceptors (Lipinski definition) is 6. The average Bonchev–Trinajstić information content (AvgIpc) is 3.39. The normalized spacial score (nSPS) is 27.6. The summed E-state index contributed by atoms with van der Waals surface area (Å²) in [4.78, 5) is 59.8. The predicted molar refractivity (Wildman–Crippen MR) is 193 cm³/mol. The molecule has 7 nitrogen and oxygen atoms in total. The second kappa shape index (κ2) is 11.9. The molecule has 244 valence electrons. The summed E-state index contributed by atoms with van der Waals surface area (Å²) in [6.45, 7) is 0. The standard InChI is InChI=1S/C41H32INO6/c1-49-27-16-17-29(34(44)20-27)37-28-18-19-30-36(40(48)43(39(30)47)26-14-12-25(42)13-15-26)32(28)21-33-38(46)31(23-8-4-2-5-9-23)22-35(45)41(33,37)24-10-6-3-7-11-24/h2-18,20,22,30,32-33,36-37,44H,19,21H2,1H3. The number of Topliss-reactive ketones (excluding diaryl/α,β-unsaturated/α-hetero) is 1. The van der Waals surface area contributed by atoms with E-state index in [0.29, 0.717) is 40.1 Å². The number of carbonyl (C=O) groups excluding carboxylic acids is 4. The van der Waals surface area contributed by atoms with Crippen molar-refractivity contribution in [2.24, 2.45) is 23.7 Å². The summed E-state index contributed by atoms with van der Waals surface area (Å²) in [5.41, 5.74) is 2.00. The summed E-state index contributed by atoms with van der Waals surface area (Å²) in [5, 5.41) is 11.6. The third-order valence-electron chi connectivity index (χ3n) is 11.0. The van der Waals surface area contributed by atoms with E-state index in [1.807, 2.05) is 78.9 Å². The zero-order valence-electron chi connectivity index (χ0n) is 26.6. The Hall–Kier alpha value is -4.83. The Kier molecular flexibility index (Phi) is 7.66. The van der Waals surface area contributed by atoms with E-state index in [-0.39, 0.29) is 35.6 Å². The van der Waals surface area contributed by atoms with E-state index in [1.165, 1.54) is 24.2 Å². The third-order valence-corrected chi connectivity index (χ3v) is 11.7. The number of aromatic hydroxyl groups is 1. The van der Waals surface area contributed by atoms with Crippen molar-refractivity contribution in [3.05, 3.63) is 141 Å². The number of rotatable bonds is 5. The van der Waals surface area contributed by atoms with Crippen molar-refractivity contribution >= 4 is 57.2 Å². The highest BCUT2D eigenvalue weighted by molar-refractivity contribution is 14.1. The number of carbonyl (C=O) groups is 4. The van der Waals surface area contributed by atoms with Crippen molar-refractivity contribution in [3.8, 4) is 11.5 Å². The van der Waals surface area contributed by atoms with Gasteiger partial charge in [-0.2, -0.15) is 0 Å². The van der Waals surface area contributed by atoms with Gasteiger partial charge in [0.1, 0.15) is 11.5 Å². The molecule has 1 saturated carbocycles. The molecular weight excluding hydrogens is 729 g/mol. The lowest BCUT2D eigenvalue weighted by molar-refractivity contribution is -0.135. The van der Waals surface area contributed by atoms with Crippen molar-refractivity contribution in [1.29, 1.82) is 0 Å². The number of ether oxygens (including phenoxy) is 1. The van der Waals surface area contributed by atoms with Gasteiger partial charge in [0, 0.05) is 32.6 Å². The first-order chi connectivity index (χ1) is 23.7. The van der Waals surface area contributed by atoms with Crippen LogP contribution in [0.3, 0.4) is 0 Å². The van der Waals surface area contributed by atoms with Crippen molar-refractivity contribution in [2.45, 2.75) is 24.2 Å². The fourth-order valence-electron chi connectivity index (χ4n) is 8.96. The van der Waals surface area contributed by atoms with E-state index < -0.39 is 35.0 Å². The monoisotopic (exact) mass is 761 g/mol. The van der Waals surface area contributed by atoms with Gasteiger partial charge in [0.05, 0.1) is 30.0 Å². The van der Waals surface area contributed by atoms with Crippen LogP contribution in [-0.2, 0) is 24.6 Å². The summed E-state index contributed by atoms with van der Waals surface area (Å²) < 4.78 is 6.39. The van der Waals surface area contributed by atoms with Crippen LogP contribution in [0.15, 0.2) is 121 Å². The number of ketones is 2. The van der Waals surface area contributed by atoms with E-state index in [0.717, 1.165) is 9.14 Å². The summed E-state index contributed by atoms with van der Waals surface area (Å²) in [5.74, 6) is -4.16. The molecule has 1 saturated heterocycles. The molecule has 6 atom stereocenters. The number of halogens is 1. The molecule has 8 heteroatoms. The Labute approximate surface area is 297 Å². The lowest BCUT2D eigenvalue weighted by Crippen LogP contribution is -2.58. The first-order valence-electron chi connectivity index (χ1n) is 16.4. The minimum Gasteiger partial charge on any atom is -0.508 e. The molecule has 49 heavy (non-hydrogen) atoms. The third kappa shape index (κ3) is 4.67. The van der Waals surface area contributed by atoms with E-state index in [9.17, 15) is 19.5 Å². The molecule has 0 aromatic heterocycles. The van der Waals surface area contributed by atoms with E-state index >= 15 is 4.79 Å². The second-order valence-corrected chi connectivity index (χ2v) is 14.4. The molecule has 4 aromatic carbocycles. The molecule has 3 aliphatic carbocycles. The first kappa shape index (κ1) is 31.4. The topological polar surface area (TPSA) is 101 Å². The quantitative estimate of drug-likeness (QED) is 0.133. The molecule has 2 amide bonds. The largest absolute Gasteiger partial charge is 0.508 e. The molecule has 8 rings (SSSR count). The molecule has 1 N–H and O–H groups in total. The van der Waals surface area contributed by atoms with Crippen LogP contribution in [0.5, 0.6) is 11.5 Å². The maximum atomic E-state index is 15.1. The molecule has 1 heterocycles. The molecule has 6 unspecified atom stereocenters. The highest BCUT2D eigenvalue weighted by Gasteiger charge is 2.66. The molecule has 1 aliphatic heterocycles. The molecule has 0 bridgehead atoms. The molecule has 0 radical (unpaired) electrons. The van der Waals surface area contributed by atoms with E-state index in [1.54, 1.807) is 24.3 Å². The van der Waals surface area contributed by atoms with Crippen LogP contribution in [0.1, 0.15) is 35.4 Å². The number of nitrogens with zero attached hydrogens (tertiary/aromatic N) is 1. The van der Waals surface area contributed by atoms with E-state index in [2.05, 4.69) is 22.6 Å². The van der Waals surface area contributed by atoms with Gasteiger partial charge in [-0.1, -0.05) is 78.4 Å². The number of amides is 2. The van der Waals surface area contributed by atoms with E-state index in [4.69, 9.17) is 4.74 Å². The predicted octanol–water partition coefficient (Wildman–Crippen LogP) is 7.03. The lowest BCUT2D eigenvalue weighted by atomic mass is 9.44. The molecule has 0 spiro atoms. The molecule has 4 aliphatic rings. The fraction of sp³-hybridized carbons (Fsp3) is 0.220. The SMILES string of the molecule is COc1ccc(C2C3=CCC4C(=O)N(c5ccc(I)cc5)C(=O)C4C3CC3C(=O)C(c4ccccc4)=CC(=O)C32c2ccccc2)c(O)c1. The van der Waals surface area contributed by atoms with Gasteiger partial charge >= 0.3 is 0 Å². The number of benzene rings is 4. The average molecular weight is 762 g/mol. The zero-order valence-corrected chi connectivity index (χ0v) is 28.7. The number of anilines is 1. The smallest absolute Gasteiger partial charge is 0.238 e. The zero-order chi connectivity index (χ0) is 34.0. The molecule has 4 aromatic rings. The lowest BCUT2D eigenvalue weighted by Gasteiger charge is -2.55. The van der Waals surface area contributed by atoms with Crippen LogP contribution < -0.4 is 9.64 Å². The Balaban J connectivity index is 1.36. The van der Waals surface area contributed by atoms with Crippen molar-refractivity contribution in [1.82, 2.24) is 0 Å². The number of phenolic OH excluding ortho intramolecular Hbond substituents is 1. The summed E-state index contributed by atoms with van der Waals surface area (Å²) in [7, 11) is 1.51. The number of methoxy groups -OCH3 is 1. The van der Waals surface area contributed by atoms with Crippen LogP contribution >= 0.6 is 22.6 Å². The van der Waals surface area contributed by atoms with Gasteiger partial charge in [0.2, 0.25) is 11.8 Å². The maximum absolute atomic E-state index is 15.1. The maximum Gasteiger partial charge on any atom is 0.238 e. The Bertz CT molecular complexity index is 2090. The van der Waals surface area contributed by atoms with Crippen LogP contribution in [0.25, 0.3) is 5.57 Å². The number of fused-ring (bicyclic) bond motifs is 4. The minimum absolute atomic E-state index is 0.0745. The second-order valence-electron chi connectivity index (χ2n) is 13.2. The molecule has 2 fully saturated rings.